The van der Waals surface area contributed by atoms with E-state index in [0.29, 0.717) is 12.5 Å². The largest absolute Gasteiger partial charge is 0.380 e. The summed E-state index contributed by atoms with van der Waals surface area (Å²) in [6.45, 7) is 5.39. The third-order valence-corrected chi connectivity index (χ3v) is 2.32. The molecule has 3 nitrogen and oxygen atoms in total. The highest BCUT2D eigenvalue weighted by Gasteiger charge is 2.18. The van der Waals surface area contributed by atoms with Crippen LogP contribution in [0.5, 0.6) is 0 Å². The molecule has 1 heterocycles. The Balaban J connectivity index is 1.96. The van der Waals surface area contributed by atoms with Crippen LogP contribution >= 0.6 is 0 Å². The quantitative estimate of drug-likeness (QED) is 0.586. The van der Waals surface area contributed by atoms with Crippen molar-refractivity contribution in [2.75, 3.05) is 26.3 Å². The molecule has 0 aromatic rings. The number of hydrogen-bond acceptors (Lipinski definition) is 2. The van der Waals surface area contributed by atoms with Crippen LogP contribution in [-0.4, -0.2) is 37.1 Å². The number of hydrogen-bond donors (Lipinski definition) is 0. The molecule has 0 bridgehead atoms. The van der Waals surface area contributed by atoms with E-state index in [1.807, 2.05) is 4.90 Å². The van der Waals surface area contributed by atoms with Gasteiger partial charge in [-0.1, -0.05) is 13.3 Å². The van der Waals surface area contributed by atoms with Gasteiger partial charge in [-0.15, -0.1) is 0 Å². The van der Waals surface area contributed by atoms with Crippen molar-refractivity contribution in [2.45, 2.75) is 32.6 Å². The SMILES string of the molecule is CCCCOCCN1CCCC1=O. The van der Waals surface area contributed by atoms with Crippen LogP contribution in [0.2, 0.25) is 0 Å². The van der Waals surface area contributed by atoms with E-state index in [9.17, 15) is 4.79 Å². The first kappa shape index (κ1) is 10.5. The first-order valence-corrected chi connectivity index (χ1v) is 5.20. The van der Waals surface area contributed by atoms with Crippen LogP contribution in [0.4, 0.5) is 0 Å². The molecule has 1 fully saturated rings. The summed E-state index contributed by atoms with van der Waals surface area (Å²) in [7, 11) is 0. The lowest BCUT2D eigenvalue weighted by Crippen LogP contribution is -2.28. The number of amides is 1. The number of unbranched alkanes of at least 4 members (excludes halogenated alkanes) is 1. The molecule has 0 aromatic carbocycles. The van der Waals surface area contributed by atoms with Crippen molar-refractivity contribution in [2.24, 2.45) is 0 Å². The molecule has 13 heavy (non-hydrogen) atoms. The summed E-state index contributed by atoms with van der Waals surface area (Å²) < 4.78 is 5.39. The second-order valence-electron chi connectivity index (χ2n) is 3.45. The zero-order valence-electron chi connectivity index (χ0n) is 8.42. The van der Waals surface area contributed by atoms with Crippen LogP contribution in [0.25, 0.3) is 0 Å². The number of nitrogens with zero attached hydrogens (tertiary/aromatic N) is 1. The Hall–Kier alpha value is -0.570. The Morgan fingerprint density at radius 2 is 2.31 bits per heavy atom. The molecule has 0 atom stereocenters. The smallest absolute Gasteiger partial charge is 0.222 e. The van der Waals surface area contributed by atoms with Gasteiger partial charge in [0.15, 0.2) is 0 Å². The molecule has 0 radical (unpaired) electrons. The molecule has 1 amide bonds. The zero-order chi connectivity index (χ0) is 9.52. The molecule has 1 saturated heterocycles. The number of carbonyl (C=O) groups is 1. The summed E-state index contributed by atoms with van der Waals surface area (Å²) in [5.41, 5.74) is 0. The molecule has 0 saturated carbocycles. The lowest BCUT2D eigenvalue weighted by molar-refractivity contribution is -0.128. The molecule has 0 unspecified atom stereocenters. The predicted molar refractivity (Wildman–Crippen MR) is 51.5 cm³/mol. The fraction of sp³-hybridized carbons (Fsp3) is 0.900. The molecule has 1 aliphatic heterocycles. The van der Waals surface area contributed by atoms with E-state index in [4.69, 9.17) is 4.74 Å². The lowest BCUT2D eigenvalue weighted by Gasteiger charge is -2.14. The Bertz CT molecular complexity index is 159. The number of likely N-dealkylation sites (tertiary alicyclic amines) is 1. The predicted octanol–water partition coefficient (Wildman–Crippen LogP) is 1.43. The number of rotatable bonds is 6. The highest BCUT2D eigenvalue weighted by molar-refractivity contribution is 5.77. The Kier molecular flexibility index (Phi) is 4.83. The molecule has 0 aliphatic carbocycles. The molecule has 76 valence electrons. The van der Waals surface area contributed by atoms with Gasteiger partial charge in [-0.25, -0.2) is 0 Å². The molecule has 1 aliphatic rings. The van der Waals surface area contributed by atoms with Crippen molar-refractivity contribution in [1.82, 2.24) is 4.90 Å². The average Bonchev–Trinajstić information content (AvgIpc) is 2.52. The molecule has 3 heteroatoms. The van der Waals surface area contributed by atoms with Gasteiger partial charge < -0.3 is 9.64 Å². The molecular weight excluding hydrogens is 166 g/mol. The van der Waals surface area contributed by atoms with Gasteiger partial charge in [-0.2, -0.15) is 0 Å². The van der Waals surface area contributed by atoms with E-state index >= 15 is 0 Å². The standard InChI is InChI=1S/C10H19NO2/c1-2-3-8-13-9-7-11-6-4-5-10(11)12/h2-9H2,1H3. The van der Waals surface area contributed by atoms with Gasteiger partial charge in [0, 0.05) is 26.1 Å². The van der Waals surface area contributed by atoms with E-state index in [2.05, 4.69) is 6.92 Å². The summed E-state index contributed by atoms with van der Waals surface area (Å²) in [5.74, 6) is 0.291. The van der Waals surface area contributed by atoms with E-state index < -0.39 is 0 Å². The maximum Gasteiger partial charge on any atom is 0.222 e. The van der Waals surface area contributed by atoms with Crippen LogP contribution in [0.1, 0.15) is 32.6 Å². The third kappa shape index (κ3) is 3.77. The van der Waals surface area contributed by atoms with Crippen molar-refractivity contribution in [1.29, 1.82) is 0 Å². The van der Waals surface area contributed by atoms with E-state index in [-0.39, 0.29) is 0 Å². The van der Waals surface area contributed by atoms with Gasteiger partial charge in [-0.3, -0.25) is 4.79 Å². The van der Waals surface area contributed by atoms with Crippen LogP contribution in [-0.2, 0) is 9.53 Å². The second kappa shape index (κ2) is 5.97. The van der Waals surface area contributed by atoms with E-state index in [1.54, 1.807) is 0 Å². The van der Waals surface area contributed by atoms with Crippen molar-refractivity contribution >= 4 is 5.91 Å². The monoisotopic (exact) mass is 185 g/mol. The van der Waals surface area contributed by atoms with Gasteiger partial charge in [0.25, 0.3) is 0 Å². The first-order chi connectivity index (χ1) is 6.34. The maximum absolute atomic E-state index is 11.2. The van der Waals surface area contributed by atoms with Gasteiger partial charge in [0.2, 0.25) is 5.91 Å². The van der Waals surface area contributed by atoms with Crippen molar-refractivity contribution in [3.63, 3.8) is 0 Å². The van der Waals surface area contributed by atoms with Crippen LogP contribution in [0.3, 0.4) is 0 Å². The maximum atomic E-state index is 11.2. The summed E-state index contributed by atoms with van der Waals surface area (Å²) >= 11 is 0. The van der Waals surface area contributed by atoms with Crippen LogP contribution in [0.15, 0.2) is 0 Å². The van der Waals surface area contributed by atoms with E-state index in [1.165, 1.54) is 6.42 Å². The minimum Gasteiger partial charge on any atom is -0.380 e. The highest BCUT2D eigenvalue weighted by Crippen LogP contribution is 2.08. The summed E-state index contributed by atoms with van der Waals surface area (Å²) in [6, 6.07) is 0. The summed E-state index contributed by atoms with van der Waals surface area (Å²) in [4.78, 5) is 13.1. The fourth-order valence-corrected chi connectivity index (χ4v) is 1.46. The minimum absolute atomic E-state index is 0.291. The second-order valence-corrected chi connectivity index (χ2v) is 3.45. The summed E-state index contributed by atoms with van der Waals surface area (Å²) in [5, 5.41) is 0. The highest BCUT2D eigenvalue weighted by atomic mass is 16.5. The van der Waals surface area contributed by atoms with Gasteiger partial charge >= 0.3 is 0 Å². The first-order valence-electron chi connectivity index (χ1n) is 5.20. The number of ether oxygens (including phenoxy) is 1. The van der Waals surface area contributed by atoms with Gasteiger partial charge in [-0.05, 0) is 12.8 Å². The Morgan fingerprint density at radius 3 is 2.92 bits per heavy atom. The zero-order valence-corrected chi connectivity index (χ0v) is 8.42. The molecule has 0 aromatic heterocycles. The fourth-order valence-electron chi connectivity index (χ4n) is 1.46. The van der Waals surface area contributed by atoms with Crippen molar-refractivity contribution in [3.8, 4) is 0 Å². The van der Waals surface area contributed by atoms with Crippen LogP contribution in [0, 0.1) is 0 Å². The van der Waals surface area contributed by atoms with Crippen molar-refractivity contribution in [3.05, 3.63) is 0 Å². The molecule has 0 spiro atoms. The van der Waals surface area contributed by atoms with E-state index in [0.717, 1.165) is 39.0 Å². The molecule has 0 N–H and O–H groups in total. The lowest BCUT2D eigenvalue weighted by atomic mass is 10.4. The molecule has 1 rings (SSSR count). The minimum atomic E-state index is 0.291. The average molecular weight is 185 g/mol. The van der Waals surface area contributed by atoms with Crippen LogP contribution < -0.4 is 0 Å². The Morgan fingerprint density at radius 1 is 1.46 bits per heavy atom. The van der Waals surface area contributed by atoms with Gasteiger partial charge in [0.05, 0.1) is 6.61 Å². The normalized spacial score (nSPS) is 17.0. The number of carbonyl (C=O) groups excluding carboxylic acids is 1. The Labute approximate surface area is 80.1 Å². The topological polar surface area (TPSA) is 29.5 Å². The molecular formula is C10H19NO2. The third-order valence-electron chi connectivity index (χ3n) is 2.32. The van der Waals surface area contributed by atoms with Crippen molar-refractivity contribution < 1.29 is 9.53 Å². The summed E-state index contributed by atoms with van der Waals surface area (Å²) in [6.07, 6.45) is 4.04. The van der Waals surface area contributed by atoms with Gasteiger partial charge in [0.1, 0.15) is 0 Å².